The zero-order valence-electron chi connectivity index (χ0n) is 11.1. The molecule has 0 radical (unpaired) electrons. The number of carbonyl (C=O) groups excluding carboxylic acids is 1. The summed E-state index contributed by atoms with van der Waals surface area (Å²) in [5.74, 6) is -0.695. The van der Waals surface area contributed by atoms with Crippen LogP contribution in [0.25, 0.3) is 0 Å². The van der Waals surface area contributed by atoms with Gasteiger partial charge in [0, 0.05) is 22.4 Å². The first-order chi connectivity index (χ1) is 10.4. The van der Waals surface area contributed by atoms with Crippen LogP contribution in [0.15, 0.2) is 36.4 Å². The van der Waals surface area contributed by atoms with Crippen molar-refractivity contribution < 1.29 is 22.7 Å². The number of ketones is 1. The Morgan fingerprint density at radius 3 is 2.59 bits per heavy atom. The fourth-order valence-electron chi connectivity index (χ4n) is 3.23. The van der Waals surface area contributed by atoms with Crippen LogP contribution in [-0.2, 0) is 6.18 Å². The molecule has 2 aromatic rings. The Morgan fingerprint density at radius 1 is 1.09 bits per heavy atom. The van der Waals surface area contributed by atoms with Gasteiger partial charge in [-0.15, -0.1) is 0 Å². The lowest BCUT2D eigenvalue weighted by Crippen LogP contribution is -2.09. The minimum absolute atomic E-state index is 0.117. The van der Waals surface area contributed by atoms with E-state index in [9.17, 15) is 18.0 Å². The molecule has 0 aromatic heterocycles. The molecular formula is C16H10F3NO2. The predicted octanol–water partition coefficient (Wildman–Crippen LogP) is 3.70. The SMILES string of the molecule is Nc1cccc2c1C(=O)C1c3ccc(C(F)(F)F)cc3OC21. The third kappa shape index (κ3) is 1.60. The number of alkyl halides is 3. The van der Waals surface area contributed by atoms with Gasteiger partial charge in [-0.2, -0.15) is 13.2 Å². The monoisotopic (exact) mass is 305 g/mol. The van der Waals surface area contributed by atoms with Crippen molar-refractivity contribution >= 4 is 11.5 Å². The first kappa shape index (κ1) is 13.2. The Balaban J connectivity index is 1.83. The molecule has 0 fully saturated rings. The molecule has 6 heteroatoms. The molecule has 2 aromatic carbocycles. The second kappa shape index (κ2) is 4.03. The van der Waals surface area contributed by atoms with Gasteiger partial charge in [0.25, 0.3) is 0 Å². The van der Waals surface area contributed by atoms with Crippen LogP contribution in [0.5, 0.6) is 5.75 Å². The van der Waals surface area contributed by atoms with E-state index in [2.05, 4.69) is 0 Å². The van der Waals surface area contributed by atoms with E-state index in [1.807, 2.05) is 0 Å². The first-order valence-corrected chi connectivity index (χ1v) is 6.68. The van der Waals surface area contributed by atoms with Crippen LogP contribution in [0.2, 0.25) is 0 Å². The highest BCUT2D eigenvalue weighted by Gasteiger charge is 2.49. The average molecular weight is 305 g/mol. The van der Waals surface area contributed by atoms with Gasteiger partial charge >= 0.3 is 6.18 Å². The van der Waals surface area contributed by atoms with Gasteiger partial charge in [0.2, 0.25) is 0 Å². The predicted molar refractivity (Wildman–Crippen MR) is 72.7 cm³/mol. The second-order valence-electron chi connectivity index (χ2n) is 5.44. The van der Waals surface area contributed by atoms with Crippen LogP contribution in [0.1, 0.15) is 39.1 Å². The number of hydrogen-bond acceptors (Lipinski definition) is 3. The molecule has 3 nitrogen and oxygen atoms in total. The largest absolute Gasteiger partial charge is 0.484 e. The zero-order chi connectivity index (χ0) is 15.6. The van der Waals surface area contributed by atoms with Crippen molar-refractivity contribution in [3.8, 4) is 5.75 Å². The van der Waals surface area contributed by atoms with Crippen molar-refractivity contribution in [1.29, 1.82) is 0 Å². The summed E-state index contributed by atoms with van der Waals surface area (Å²) in [5, 5.41) is 0. The van der Waals surface area contributed by atoms with Crippen molar-refractivity contribution in [1.82, 2.24) is 0 Å². The van der Waals surface area contributed by atoms with Crippen molar-refractivity contribution in [2.45, 2.75) is 18.2 Å². The molecule has 2 unspecified atom stereocenters. The summed E-state index contributed by atoms with van der Waals surface area (Å²) >= 11 is 0. The molecule has 2 N–H and O–H groups in total. The molecule has 2 atom stereocenters. The number of ether oxygens (including phenoxy) is 1. The number of nitrogen functional groups attached to an aromatic ring is 1. The lowest BCUT2D eigenvalue weighted by molar-refractivity contribution is -0.137. The molecule has 0 bridgehead atoms. The Hall–Kier alpha value is -2.50. The third-order valence-electron chi connectivity index (χ3n) is 4.20. The van der Waals surface area contributed by atoms with E-state index in [-0.39, 0.29) is 11.5 Å². The molecule has 22 heavy (non-hydrogen) atoms. The first-order valence-electron chi connectivity index (χ1n) is 6.68. The van der Waals surface area contributed by atoms with Gasteiger partial charge in [0.05, 0.1) is 11.5 Å². The normalized spacial score (nSPS) is 22.0. The number of rotatable bonds is 0. The van der Waals surface area contributed by atoms with Gasteiger partial charge in [-0.05, 0) is 18.2 Å². The number of benzene rings is 2. The molecule has 1 aliphatic heterocycles. The van der Waals surface area contributed by atoms with Gasteiger partial charge in [-0.25, -0.2) is 0 Å². The Kier molecular flexibility index (Phi) is 2.41. The van der Waals surface area contributed by atoms with Crippen LogP contribution in [0.3, 0.4) is 0 Å². The molecule has 0 saturated carbocycles. The number of hydrogen-bond donors (Lipinski definition) is 1. The second-order valence-corrected chi connectivity index (χ2v) is 5.44. The van der Waals surface area contributed by atoms with E-state index in [0.29, 0.717) is 22.4 Å². The number of Topliss-reactive ketones (excluding diaryl/α,β-unsaturated/α-hetero) is 1. The van der Waals surface area contributed by atoms with E-state index in [0.717, 1.165) is 12.1 Å². The maximum Gasteiger partial charge on any atom is 0.416 e. The minimum Gasteiger partial charge on any atom is -0.484 e. The van der Waals surface area contributed by atoms with Gasteiger partial charge in [0.15, 0.2) is 5.78 Å². The Bertz CT molecular complexity index is 814. The fraction of sp³-hybridized carbons (Fsp3) is 0.188. The zero-order valence-corrected chi connectivity index (χ0v) is 11.1. The van der Waals surface area contributed by atoms with E-state index < -0.39 is 23.8 Å². The number of nitrogens with two attached hydrogens (primary N) is 1. The van der Waals surface area contributed by atoms with Crippen LogP contribution < -0.4 is 10.5 Å². The molecule has 0 spiro atoms. The standard InChI is InChI=1S/C16H10F3NO2/c17-16(18,19)7-4-5-8-11(6-7)22-15-9-2-1-3-10(20)12(9)14(21)13(8)15/h1-6,13,15H,20H2. The van der Waals surface area contributed by atoms with E-state index in [1.54, 1.807) is 18.2 Å². The molecule has 112 valence electrons. The number of anilines is 1. The maximum atomic E-state index is 12.8. The average Bonchev–Trinajstić information content (AvgIpc) is 2.95. The molecule has 2 aliphatic rings. The van der Waals surface area contributed by atoms with Crippen molar-refractivity contribution in [3.63, 3.8) is 0 Å². The molecular weight excluding hydrogens is 295 g/mol. The van der Waals surface area contributed by atoms with Gasteiger partial charge in [-0.1, -0.05) is 18.2 Å². The van der Waals surface area contributed by atoms with E-state index in [4.69, 9.17) is 10.5 Å². The highest BCUT2D eigenvalue weighted by molar-refractivity contribution is 6.10. The van der Waals surface area contributed by atoms with Crippen LogP contribution in [0, 0.1) is 0 Å². The van der Waals surface area contributed by atoms with Crippen LogP contribution in [0.4, 0.5) is 18.9 Å². The van der Waals surface area contributed by atoms with Gasteiger partial charge < -0.3 is 10.5 Å². The van der Waals surface area contributed by atoms with Gasteiger partial charge in [0.1, 0.15) is 11.9 Å². The lowest BCUT2D eigenvalue weighted by Gasteiger charge is -2.11. The van der Waals surface area contributed by atoms with Crippen molar-refractivity contribution in [2.24, 2.45) is 0 Å². The summed E-state index contributed by atoms with van der Waals surface area (Å²) in [4.78, 5) is 12.6. The summed E-state index contributed by atoms with van der Waals surface area (Å²) in [6.45, 7) is 0. The molecule has 0 saturated heterocycles. The summed E-state index contributed by atoms with van der Waals surface area (Å²) < 4.78 is 44.0. The Labute approximate surface area is 123 Å². The smallest absolute Gasteiger partial charge is 0.416 e. The quantitative estimate of drug-likeness (QED) is 0.755. The van der Waals surface area contributed by atoms with Crippen LogP contribution in [-0.4, -0.2) is 5.78 Å². The summed E-state index contributed by atoms with van der Waals surface area (Å²) in [6.07, 6.45) is -5.04. The van der Waals surface area contributed by atoms with Crippen molar-refractivity contribution in [3.05, 3.63) is 58.7 Å². The number of halogens is 3. The molecule has 1 aliphatic carbocycles. The highest BCUT2D eigenvalue weighted by Crippen LogP contribution is 2.54. The number of fused-ring (bicyclic) bond motifs is 5. The maximum absolute atomic E-state index is 12.8. The van der Waals surface area contributed by atoms with Gasteiger partial charge in [-0.3, -0.25) is 4.79 Å². The summed E-state index contributed by atoms with van der Waals surface area (Å²) in [7, 11) is 0. The molecule has 1 heterocycles. The summed E-state index contributed by atoms with van der Waals surface area (Å²) in [6, 6.07) is 8.31. The number of carbonyl (C=O) groups is 1. The van der Waals surface area contributed by atoms with E-state index in [1.165, 1.54) is 6.07 Å². The minimum atomic E-state index is -4.44. The van der Waals surface area contributed by atoms with Crippen LogP contribution >= 0.6 is 0 Å². The third-order valence-corrected chi connectivity index (χ3v) is 4.20. The molecule has 0 amide bonds. The summed E-state index contributed by atoms with van der Waals surface area (Å²) in [5.41, 5.74) is 6.97. The van der Waals surface area contributed by atoms with Crippen molar-refractivity contribution in [2.75, 3.05) is 5.73 Å². The topological polar surface area (TPSA) is 52.3 Å². The highest BCUT2D eigenvalue weighted by atomic mass is 19.4. The fourth-order valence-corrected chi connectivity index (χ4v) is 3.23. The Morgan fingerprint density at radius 2 is 1.86 bits per heavy atom. The molecule has 4 rings (SSSR count). The lowest BCUT2D eigenvalue weighted by atomic mass is 9.94. The van der Waals surface area contributed by atoms with E-state index >= 15 is 0 Å².